The second-order valence-corrected chi connectivity index (χ2v) is 3.74. The molecule has 16 heavy (non-hydrogen) atoms. The van der Waals surface area contributed by atoms with Gasteiger partial charge in [-0.25, -0.2) is 4.39 Å². The molecule has 0 heterocycles. The molecule has 0 unspecified atom stereocenters. The van der Waals surface area contributed by atoms with Gasteiger partial charge in [-0.15, -0.1) is 0 Å². The van der Waals surface area contributed by atoms with Crippen molar-refractivity contribution in [2.45, 2.75) is 6.92 Å². The molecule has 1 heteroatoms. The van der Waals surface area contributed by atoms with Crippen LogP contribution in [0.1, 0.15) is 18.1 Å². The molecule has 2 aromatic rings. The van der Waals surface area contributed by atoms with Crippen molar-refractivity contribution in [3.05, 3.63) is 71.5 Å². The lowest BCUT2D eigenvalue weighted by Crippen LogP contribution is -1.79. The van der Waals surface area contributed by atoms with E-state index in [0.717, 1.165) is 5.56 Å². The van der Waals surface area contributed by atoms with Crippen molar-refractivity contribution in [2.75, 3.05) is 0 Å². The lowest BCUT2D eigenvalue weighted by molar-refractivity contribution is 0.628. The van der Waals surface area contributed by atoms with Gasteiger partial charge in [0.15, 0.2) is 0 Å². The van der Waals surface area contributed by atoms with Gasteiger partial charge in [-0.05, 0) is 35.8 Å². The third kappa shape index (κ3) is 2.57. The van der Waals surface area contributed by atoms with Crippen molar-refractivity contribution in [3.8, 4) is 0 Å². The van der Waals surface area contributed by atoms with Crippen LogP contribution in [0.5, 0.6) is 0 Å². The summed E-state index contributed by atoms with van der Waals surface area (Å²) in [6.07, 6.45) is 2.05. The van der Waals surface area contributed by atoms with Gasteiger partial charge in [0.25, 0.3) is 0 Å². The number of allylic oxidation sites excluding steroid dienone is 1. The van der Waals surface area contributed by atoms with E-state index in [1.54, 1.807) is 12.1 Å². The largest absolute Gasteiger partial charge is 0.207 e. The zero-order valence-corrected chi connectivity index (χ0v) is 9.15. The molecule has 0 bridgehead atoms. The van der Waals surface area contributed by atoms with Crippen molar-refractivity contribution >= 4 is 11.6 Å². The number of hydrogen-bond donors (Lipinski definition) is 0. The van der Waals surface area contributed by atoms with Gasteiger partial charge in [0.2, 0.25) is 0 Å². The van der Waals surface area contributed by atoms with Crippen molar-refractivity contribution in [2.24, 2.45) is 0 Å². The minimum atomic E-state index is -0.200. The number of benzene rings is 2. The molecule has 0 atom stereocenters. The Morgan fingerprint density at radius 1 is 0.938 bits per heavy atom. The Morgan fingerprint density at radius 3 is 2.19 bits per heavy atom. The van der Waals surface area contributed by atoms with Crippen LogP contribution in [0.4, 0.5) is 4.39 Å². The monoisotopic (exact) mass is 212 g/mol. The Kier molecular flexibility index (Phi) is 3.16. The SMILES string of the molecule is CC(=Cc1ccc(F)cc1)c1ccccc1. The fourth-order valence-electron chi connectivity index (χ4n) is 1.59. The third-order valence-corrected chi connectivity index (χ3v) is 2.48. The van der Waals surface area contributed by atoms with E-state index in [4.69, 9.17) is 0 Å². The molecule has 0 spiro atoms. The van der Waals surface area contributed by atoms with Gasteiger partial charge in [-0.3, -0.25) is 0 Å². The molecule has 2 rings (SSSR count). The summed E-state index contributed by atoms with van der Waals surface area (Å²) in [6, 6.07) is 16.7. The Balaban J connectivity index is 2.28. The van der Waals surface area contributed by atoms with E-state index >= 15 is 0 Å². The van der Waals surface area contributed by atoms with Gasteiger partial charge in [-0.2, -0.15) is 0 Å². The van der Waals surface area contributed by atoms with Gasteiger partial charge in [0.05, 0.1) is 0 Å². The normalized spacial score (nSPS) is 11.5. The lowest BCUT2D eigenvalue weighted by Gasteiger charge is -2.01. The molecule has 0 aliphatic heterocycles. The fourth-order valence-corrected chi connectivity index (χ4v) is 1.59. The van der Waals surface area contributed by atoms with E-state index < -0.39 is 0 Å². The summed E-state index contributed by atoms with van der Waals surface area (Å²) in [5, 5.41) is 0. The minimum absolute atomic E-state index is 0.200. The first-order valence-electron chi connectivity index (χ1n) is 5.25. The molecular formula is C15H13F. The van der Waals surface area contributed by atoms with Gasteiger partial charge in [0.1, 0.15) is 5.82 Å². The molecule has 80 valence electrons. The van der Waals surface area contributed by atoms with Crippen LogP contribution < -0.4 is 0 Å². The van der Waals surface area contributed by atoms with Crippen LogP contribution in [0.2, 0.25) is 0 Å². The molecule has 0 nitrogen and oxygen atoms in total. The zero-order valence-electron chi connectivity index (χ0n) is 9.15. The van der Waals surface area contributed by atoms with Crippen molar-refractivity contribution < 1.29 is 4.39 Å². The molecule has 0 aromatic heterocycles. The maximum atomic E-state index is 12.7. The molecule has 0 saturated heterocycles. The maximum absolute atomic E-state index is 12.7. The van der Waals surface area contributed by atoms with Crippen molar-refractivity contribution in [3.63, 3.8) is 0 Å². The van der Waals surface area contributed by atoms with E-state index in [0.29, 0.717) is 0 Å². The minimum Gasteiger partial charge on any atom is -0.207 e. The zero-order chi connectivity index (χ0) is 11.4. The fraction of sp³-hybridized carbons (Fsp3) is 0.0667. The molecule has 2 aromatic carbocycles. The first-order chi connectivity index (χ1) is 7.75. The Labute approximate surface area is 95.1 Å². The Morgan fingerprint density at radius 2 is 1.56 bits per heavy atom. The van der Waals surface area contributed by atoms with Crippen LogP contribution in [0.15, 0.2) is 54.6 Å². The Bertz CT molecular complexity index is 481. The highest BCUT2D eigenvalue weighted by Crippen LogP contribution is 2.17. The second-order valence-electron chi connectivity index (χ2n) is 3.74. The van der Waals surface area contributed by atoms with E-state index in [1.807, 2.05) is 18.2 Å². The second kappa shape index (κ2) is 4.75. The number of halogens is 1. The first kappa shape index (κ1) is 10.6. The third-order valence-electron chi connectivity index (χ3n) is 2.48. The molecule has 0 radical (unpaired) electrons. The van der Waals surface area contributed by atoms with E-state index in [1.165, 1.54) is 23.3 Å². The van der Waals surface area contributed by atoms with Gasteiger partial charge in [-0.1, -0.05) is 48.5 Å². The van der Waals surface area contributed by atoms with E-state index in [-0.39, 0.29) is 5.82 Å². The van der Waals surface area contributed by atoms with Crippen molar-refractivity contribution in [1.29, 1.82) is 0 Å². The van der Waals surface area contributed by atoms with Gasteiger partial charge >= 0.3 is 0 Å². The summed E-state index contributed by atoms with van der Waals surface area (Å²) in [4.78, 5) is 0. The average Bonchev–Trinajstić information content (AvgIpc) is 2.33. The summed E-state index contributed by atoms with van der Waals surface area (Å²) in [5.74, 6) is -0.200. The van der Waals surface area contributed by atoms with Crippen LogP contribution in [0.25, 0.3) is 11.6 Å². The Hall–Kier alpha value is -1.89. The van der Waals surface area contributed by atoms with Crippen LogP contribution in [0, 0.1) is 5.82 Å². The van der Waals surface area contributed by atoms with Crippen LogP contribution in [0.3, 0.4) is 0 Å². The topological polar surface area (TPSA) is 0 Å². The summed E-state index contributed by atoms with van der Waals surface area (Å²) in [7, 11) is 0. The standard InChI is InChI=1S/C15H13F/c1-12(14-5-3-2-4-6-14)11-13-7-9-15(16)10-8-13/h2-11H,1H3. The molecule has 0 fully saturated rings. The summed E-state index contributed by atoms with van der Waals surface area (Å²) in [5.41, 5.74) is 3.38. The summed E-state index contributed by atoms with van der Waals surface area (Å²) in [6.45, 7) is 2.05. The molecule has 0 aliphatic rings. The maximum Gasteiger partial charge on any atom is 0.123 e. The summed E-state index contributed by atoms with van der Waals surface area (Å²) < 4.78 is 12.7. The highest BCUT2D eigenvalue weighted by molar-refractivity contribution is 5.79. The van der Waals surface area contributed by atoms with Gasteiger partial charge < -0.3 is 0 Å². The van der Waals surface area contributed by atoms with E-state index in [2.05, 4.69) is 25.1 Å². The van der Waals surface area contributed by atoms with E-state index in [9.17, 15) is 4.39 Å². The predicted molar refractivity (Wildman–Crippen MR) is 66.4 cm³/mol. The van der Waals surface area contributed by atoms with Crippen LogP contribution >= 0.6 is 0 Å². The molecule has 0 saturated carbocycles. The van der Waals surface area contributed by atoms with Crippen LogP contribution in [-0.2, 0) is 0 Å². The number of rotatable bonds is 2. The number of hydrogen-bond acceptors (Lipinski definition) is 0. The highest BCUT2D eigenvalue weighted by atomic mass is 19.1. The van der Waals surface area contributed by atoms with Crippen molar-refractivity contribution in [1.82, 2.24) is 0 Å². The molecule has 0 N–H and O–H groups in total. The average molecular weight is 212 g/mol. The quantitative estimate of drug-likeness (QED) is 0.648. The smallest absolute Gasteiger partial charge is 0.123 e. The van der Waals surface area contributed by atoms with Gasteiger partial charge in [0, 0.05) is 0 Å². The molecule has 0 aliphatic carbocycles. The lowest BCUT2D eigenvalue weighted by atomic mass is 10.0. The van der Waals surface area contributed by atoms with Crippen LogP contribution in [-0.4, -0.2) is 0 Å². The highest BCUT2D eigenvalue weighted by Gasteiger charge is 1.95. The predicted octanol–water partition coefficient (Wildman–Crippen LogP) is 4.39. The molecular weight excluding hydrogens is 199 g/mol. The molecule has 0 amide bonds. The first-order valence-corrected chi connectivity index (χ1v) is 5.25. The summed E-state index contributed by atoms with van der Waals surface area (Å²) >= 11 is 0.